The van der Waals surface area contributed by atoms with Crippen LogP contribution in [0.1, 0.15) is 10.4 Å². The number of esters is 1. The van der Waals surface area contributed by atoms with E-state index in [-0.39, 0.29) is 11.3 Å². The molecule has 0 saturated heterocycles. The zero-order chi connectivity index (χ0) is 13.1. The molecule has 7 heteroatoms. The average molecular weight is 247 g/mol. The predicted molar refractivity (Wildman–Crippen MR) is 62.0 cm³/mol. The fourth-order valence-corrected chi connectivity index (χ4v) is 1.57. The number of H-pyrrole nitrogens is 1. The summed E-state index contributed by atoms with van der Waals surface area (Å²) in [6, 6.07) is 4.16. The molecule has 0 fully saturated rings. The molecule has 0 aliphatic heterocycles. The van der Waals surface area contributed by atoms with Crippen molar-refractivity contribution in [1.82, 2.24) is 10.2 Å². The molecule has 0 atom stereocenters. The molecule has 1 aromatic heterocycles. The third kappa shape index (κ3) is 2.05. The van der Waals surface area contributed by atoms with Crippen molar-refractivity contribution < 1.29 is 14.5 Å². The van der Waals surface area contributed by atoms with Crippen molar-refractivity contribution in [2.75, 3.05) is 7.11 Å². The maximum atomic E-state index is 11.3. The van der Waals surface area contributed by atoms with Gasteiger partial charge in [-0.2, -0.15) is 5.10 Å². The molecular weight excluding hydrogens is 238 g/mol. The minimum Gasteiger partial charge on any atom is -0.465 e. The van der Waals surface area contributed by atoms with E-state index in [1.165, 1.54) is 31.5 Å². The molecule has 0 bridgehead atoms. The van der Waals surface area contributed by atoms with Gasteiger partial charge in [0.15, 0.2) is 0 Å². The Balaban J connectivity index is 2.55. The fraction of sp³-hybridized carbons (Fsp3) is 0.0909. The lowest BCUT2D eigenvalue weighted by atomic mass is 10.0. The van der Waals surface area contributed by atoms with Crippen molar-refractivity contribution in [2.24, 2.45) is 0 Å². The van der Waals surface area contributed by atoms with E-state index in [4.69, 9.17) is 0 Å². The molecule has 0 aliphatic rings. The van der Waals surface area contributed by atoms with Gasteiger partial charge in [0.1, 0.15) is 0 Å². The van der Waals surface area contributed by atoms with Gasteiger partial charge in [-0.3, -0.25) is 15.2 Å². The first-order valence-corrected chi connectivity index (χ1v) is 4.99. The van der Waals surface area contributed by atoms with Gasteiger partial charge in [-0.15, -0.1) is 0 Å². The van der Waals surface area contributed by atoms with Gasteiger partial charge < -0.3 is 4.74 Å². The van der Waals surface area contributed by atoms with E-state index in [2.05, 4.69) is 14.9 Å². The quantitative estimate of drug-likeness (QED) is 0.506. The van der Waals surface area contributed by atoms with Crippen LogP contribution in [0.15, 0.2) is 30.6 Å². The zero-order valence-electron chi connectivity index (χ0n) is 9.41. The molecule has 1 N–H and O–H groups in total. The van der Waals surface area contributed by atoms with E-state index in [0.29, 0.717) is 11.1 Å². The standard InChI is InChI=1S/C11H9N3O4/c1-18-11(15)7-2-3-9(8-5-12-13-6-8)10(4-7)14(16)17/h2-6H,1H3,(H,12,13). The Morgan fingerprint density at radius 2 is 2.28 bits per heavy atom. The first kappa shape index (κ1) is 11.8. The molecule has 1 heterocycles. The molecule has 0 aliphatic carbocycles. The largest absolute Gasteiger partial charge is 0.465 e. The van der Waals surface area contributed by atoms with E-state index in [0.717, 1.165) is 0 Å². The lowest BCUT2D eigenvalue weighted by molar-refractivity contribution is -0.384. The molecule has 2 rings (SSSR count). The van der Waals surface area contributed by atoms with Crippen LogP contribution in [0.5, 0.6) is 0 Å². The SMILES string of the molecule is COC(=O)c1ccc(-c2cn[nH]c2)c([N+](=O)[O-])c1. The minimum absolute atomic E-state index is 0.136. The van der Waals surface area contributed by atoms with Crippen LogP contribution >= 0.6 is 0 Å². The second-order valence-corrected chi connectivity index (χ2v) is 3.47. The molecule has 7 nitrogen and oxygen atoms in total. The number of nitro groups is 1. The summed E-state index contributed by atoms with van der Waals surface area (Å²) in [6.07, 6.45) is 3.01. The second kappa shape index (κ2) is 4.66. The van der Waals surface area contributed by atoms with E-state index >= 15 is 0 Å². The summed E-state index contributed by atoms with van der Waals surface area (Å²) in [5, 5.41) is 17.3. The van der Waals surface area contributed by atoms with Crippen molar-refractivity contribution in [1.29, 1.82) is 0 Å². The number of rotatable bonds is 3. The van der Waals surface area contributed by atoms with E-state index in [9.17, 15) is 14.9 Å². The van der Waals surface area contributed by atoms with E-state index in [1.807, 2.05) is 0 Å². The summed E-state index contributed by atoms with van der Waals surface area (Å²) in [6.45, 7) is 0. The predicted octanol–water partition coefficient (Wildman–Crippen LogP) is 1.77. The Bertz CT molecular complexity index is 592. The number of carbonyl (C=O) groups is 1. The third-order valence-electron chi connectivity index (χ3n) is 2.42. The summed E-state index contributed by atoms with van der Waals surface area (Å²) in [4.78, 5) is 21.8. The van der Waals surface area contributed by atoms with Crippen LogP contribution in [-0.4, -0.2) is 28.2 Å². The number of hydrogen-bond acceptors (Lipinski definition) is 5. The van der Waals surface area contributed by atoms with Gasteiger partial charge in [-0.05, 0) is 12.1 Å². The van der Waals surface area contributed by atoms with Crippen LogP contribution in [-0.2, 0) is 4.74 Å². The Hall–Kier alpha value is -2.70. The van der Waals surface area contributed by atoms with Gasteiger partial charge in [0.2, 0.25) is 0 Å². The number of hydrogen-bond donors (Lipinski definition) is 1. The van der Waals surface area contributed by atoms with Crippen LogP contribution < -0.4 is 0 Å². The van der Waals surface area contributed by atoms with Crippen LogP contribution in [0.25, 0.3) is 11.1 Å². The Morgan fingerprint density at radius 3 is 2.83 bits per heavy atom. The number of benzene rings is 1. The van der Waals surface area contributed by atoms with Crippen molar-refractivity contribution in [3.63, 3.8) is 0 Å². The molecule has 0 saturated carbocycles. The van der Waals surface area contributed by atoms with E-state index in [1.54, 1.807) is 6.20 Å². The Kier molecular flexibility index (Phi) is 3.05. The van der Waals surface area contributed by atoms with Gasteiger partial charge in [0.25, 0.3) is 5.69 Å². The topological polar surface area (TPSA) is 98.1 Å². The number of nitrogens with one attached hydrogen (secondary N) is 1. The van der Waals surface area contributed by atoms with Gasteiger partial charge in [-0.25, -0.2) is 4.79 Å². The second-order valence-electron chi connectivity index (χ2n) is 3.47. The lowest BCUT2D eigenvalue weighted by Gasteiger charge is -2.03. The summed E-state index contributed by atoms with van der Waals surface area (Å²) in [5.74, 6) is -0.614. The summed E-state index contributed by atoms with van der Waals surface area (Å²) in [7, 11) is 1.22. The number of aromatic amines is 1. The molecule has 0 radical (unpaired) electrons. The van der Waals surface area contributed by atoms with Gasteiger partial charge in [-0.1, -0.05) is 0 Å². The minimum atomic E-state index is -0.614. The number of methoxy groups -OCH3 is 1. The average Bonchev–Trinajstić information content (AvgIpc) is 2.90. The molecule has 18 heavy (non-hydrogen) atoms. The van der Waals surface area contributed by atoms with Gasteiger partial charge >= 0.3 is 5.97 Å². The van der Waals surface area contributed by atoms with Crippen LogP contribution in [0.3, 0.4) is 0 Å². The molecule has 1 aromatic carbocycles. The highest BCUT2D eigenvalue weighted by atomic mass is 16.6. The summed E-state index contributed by atoms with van der Waals surface area (Å²) in [5.41, 5.74) is 0.940. The van der Waals surface area contributed by atoms with Crippen molar-refractivity contribution in [3.05, 3.63) is 46.3 Å². The normalized spacial score (nSPS) is 10.1. The number of nitrogens with zero attached hydrogens (tertiary/aromatic N) is 2. The fourth-order valence-electron chi connectivity index (χ4n) is 1.57. The maximum absolute atomic E-state index is 11.3. The van der Waals surface area contributed by atoms with Crippen LogP contribution in [0, 0.1) is 10.1 Å². The number of carbonyl (C=O) groups excluding carboxylic acids is 1. The highest BCUT2D eigenvalue weighted by Crippen LogP contribution is 2.30. The third-order valence-corrected chi connectivity index (χ3v) is 2.42. The molecule has 0 spiro atoms. The van der Waals surface area contributed by atoms with Crippen LogP contribution in [0.4, 0.5) is 5.69 Å². The molecule has 0 amide bonds. The molecule has 0 unspecified atom stereocenters. The van der Waals surface area contributed by atoms with Crippen molar-refractivity contribution >= 4 is 11.7 Å². The Labute approximate surface area is 102 Å². The first-order valence-electron chi connectivity index (χ1n) is 4.99. The first-order chi connectivity index (χ1) is 8.63. The number of nitro benzene ring substituents is 1. The van der Waals surface area contributed by atoms with E-state index < -0.39 is 10.9 Å². The van der Waals surface area contributed by atoms with Crippen molar-refractivity contribution in [2.45, 2.75) is 0 Å². The number of ether oxygens (including phenoxy) is 1. The Morgan fingerprint density at radius 1 is 1.50 bits per heavy atom. The molecule has 2 aromatic rings. The van der Waals surface area contributed by atoms with Gasteiger partial charge in [0, 0.05) is 17.8 Å². The highest BCUT2D eigenvalue weighted by Gasteiger charge is 2.19. The molecule has 92 valence electrons. The lowest BCUT2D eigenvalue weighted by Crippen LogP contribution is -2.02. The zero-order valence-corrected chi connectivity index (χ0v) is 9.41. The monoisotopic (exact) mass is 247 g/mol. The number of aromatic nitrogens is 2. The molecular formula is C11H9N3O4. The summed E-state index contributed by atoms with van der Waals surface area (Å²) >= 11 is 0. The summed E-state index contributed by atoms with van der Waals surface area (Å²) < 4.78 is 4.52. The highest BCUT2D eigenvalue weighted by molar-refractivity contribution is 5.91. The maximum Gasteiger partial charge on any atom is 0.338 e. The van der Waals surface area contributed by atoms with Gasteiger partial charge in [0.05, 0.1) is 29.4 Å². The van der Waals surface area contributed by atoms with Crippen LogP contribution in [0.2, 0.25) is 0 Å². The van der Waals surface area contributed by atoms with Crippen molar-refractivity contribution in [3.8, 4) is 11.1 Å². The smallest absolute Gasteiger partial charge is 0.338 e.